The minimum atomic E-state index is -1.61. The van der Waals surface area contributed by atoms with Crippen molar-refractivity contribution in [2.24, 2.45) is 5.92 Å². The van der Waals surface area contributed by atoms with Crippen molar-refractivity contribution in [2.75, 3.05) is 14.2 Å². The summed E-state index contributed by atoms with van der Waals surface area (Å²) >= 11 is 1.30. The lowest BCUT2D eigenvalue weighted by Gasteiger charge is -2.40. The predicted molar refractivity (Wildman–Crippen MR) is 154 cm³/mol. The van der Waals surface area contributed by atoms with Gasteiger partial charge in [-0.1, -0.05) is 26.8 Å². The number of nitrogens with zero attached hydrogens (tertiary/aromatic N) is 4. The van der Waals surface area contributed by atoms with Crippen molar-refractivity contribution in [3.8, 4) is 5.75 Å². The summed E-state index contributed by atoms with van der Waals surface area (Å²) in [6.45, 7) is 11.4. The number of amides is 1. The fourth-order valence-electron chi connectivity index (χ4n) is 5.37. The number of ether oxygens (including phenoxy) is 3. The van der Waals surface area contributed by atoms with Crippen molar-refractivity contribution in [1.29, 1.82) is 0 Å². The number of rotatable bonds is 7. The van der Waals surface area contributed by atoms with Gasteiger partial charge in [0.1, 0.15) is 16.4 Å². The molecule has 0 bridgehead atoms. The van der Waals surface area contributed by atoms with Gasteiger partial charge in [-0.05, 0) is 56.4 Å². The highest BCUT2D eigenvalue weighted by molar-refractivity contribution is 7.09. The Morgan fingerprint density at radius 1 is 1.10 bits per heavy atom. The molecule has 4 rings (SSSR count). The minimum Gasteiger partial charge on any atom is -0.496 e. The van der Waals surface area contributed by atoms with Crippen LogP contribution in [-0.2, 0) is 31.0 Å². The molecule has 0 spiro atoms. The molecule has 3 aromatic rings. The molecule has 1 aliphatic heterocycles. The SMILES string of the molecule is COC(=O)[C@H]1C[C@@](Cn2cccn2)(C(=O)OC(C)(C)C)N(C(=O)c2ccc(C(C)(C)C)c(OC)c2)[C@H]1c1nccs1. The largest absolute Gasteiger partial charge is 0.496 e. The monoisotopic (exact) mass is 582 g/mol. The van der Waals surface area contributed by atoms with Crippen LogP contribution in [0.5, 0.6) is 5.75 Å². The Morgan fingerprint density at radius 2 is 1.83 bits per heavy atom. The number of aromatic nitrogens is 3. The van der Waals surface area contributed by atoms with Gasteiger partial charge in [-0.2, -0.15) is 5.10 Å². The van der Waals surface area contributed by atoms with E-state index in [-0.39, 0.29) is 18.4 Å². The van der Waals surface area contributed by atoms with Crippen LogP contribution in [0.15, 0.2) is 48.2 Å². The molecule has 3 atom stereocenters. The summed E-state index contributed by atoms with van der Waals surface area (Å²) in [7, 11) is 2.85. The van der Waals surface area contributed by atoms with E-state index in [1.807, 2.05) is 6.07 Å². The van der Waals surface area contributed by atoms with E-state index < -0.39 is 40.9 Å². The average Bonchev–Trinajstić information content (AvgIpc) is 3.67. The molecule has 11 heteroatoms. The first-order valence-corrected chi connectivity index (χ1v) is 14.3. The molecule has 10 nitrogen and oxygen atoms in total. The summed E-state index contributed by atoms with van der Waals surface area (Å²) in [6, 6.07) is 6.12. The summed E-state index contributed by atoms with van der Waals surface area (Å²) in [5, 5.41) is 6.62. The number of benzene rings is 1. The van der Waals surface area contributed by atoms with Crippen LogP contribution in [0.4, 0.5) is 0 Å². The van der Waals surface area contributed by atoms with Crippen LogP contribution in [0.3, 0.4) is 0 Å². The Labute approximate surface area is 244 Å². The van der Waals surface area contributed by atoms with Crippen LogP contribution in [0.2, 0.25) is 0 Å². The first-order chi connectivity index (χ1) is 19.2. The fraction of sp³-hybridized carbons (Fsp3) is 0.500. The standard InChI is InChI=1S/C30H38N4O6S/c1-28(2,3)21-11-10-19(16-22(21)38-7)25(35)34-23(24-31-13-15-41-24)20(26(36)39-8)17-30(34,18-33-14-9-12-32-33)27(37)40-29(4,5)6/h9-16,20,23H,17-18H2,1-8H3/t20-,23+,30+/m0/s1. The molecule has 0 aliphatic carbocycles. The summed E-state index contributed by atoms with van der Waals surface area (Å²) in [4.78, 5) is 48.2. The smallest absolute Gasteiger partial charge is 0.334 e. The molecule has 41 heavy (non-hydrogen) atoms. The number of carbonyl (C=O) groups excluding carboxylic acids is 3. The molecule has 0 unspecified atom stereocenters. The van der Waals surface area contributed by atoms with Crippen LogP contribution < -0.4 is 4.74 Å². The van der Waals surface area contributed by atoms with Gasteiger partial charge in [0.2, 0.25) is 0 Å². The van der Waals surface area contributed by atoms with Crippen molar-refractivity contribution in [3.63, 3.8) is 0 Å². The highest BCUT2D eigenvalue weighted by Crippen LogP contribution is 2.50. The third-order valence-corrected chi connectivity index (χ3v) is 7.97. The molecule has 1 fully saturated rings. The maximum absolute atomic E-state index is 14.7. The van der Waals surface area contributed by atoms with E-state index in [2.05, 4.69) is 30.9 Å². The topological polar surface area (TPSA) is 113 Å². The van der Waals surface area contributed by atoms with E-state index in [9.17, 15) is 14.4 Å². The summed E-state index contributed by atoms with van der Waals surface area (Å²) in [6.07, 6.45) is 4.87. The molecule has 1 aliphatic rings. The second-order valence-corrected chi connectivity index (χ2v) is 13.2. The molecule has 0 radical (unpaired) electrons. The summed E-state index contributed by atoms with van der Waals surface area (Å²) < 4.78 is 18.4. The van der Waals surface area contributed by atoms with Gasteiger partial charge in [-0.25, -0.2) is 9.78 Å². The average molecular weight is 583 g/mol. The first-order valence-electron chi connectivity index (χ1n) is 13.4. The Hall–Kier alpha value is -3.73. The van der Waals surface area contributed by atoms with Gasteiger partial charge in [0.25, 0.3) is 5.91 Å². The van der Waals surface area contributed by atoms with Crippen LogP contribution in [0.1, 0.15) is 74.9 Å². The van der Waals surface area contributed by atoms with E-state index in [1.54, 1.807) is 74.7 Å². The van der Waals surface area contributed by atoms with Gasteiger partial charge in [-0.15, -0.1) is 11.3 Å². The first kappa shape index (κ1) is 30.2. The second-order valence-electron chi connectivity index (χ2n) is 12.2. The van der Waals surface area contributed by atoms with E-state index in [0.717, 1.165) is 5.56 Å². The van der Waals surface area contributed by atoms with Crippen molar-refractivity contribution in [3.05, 3.63) is 64.4 Å². The number of esters is 2. The molecular formula is C30H38N4O6S. The highest BCUT2D eigenvalue weighted by atomic mass is 32.1. The van der Waals surface area contributed by atoms with E-state index in [0.29, 0.717) is 16.3 Å². The zero-order chi connectivity index (χ0) is 30.2. The molecule has 0 N–H and O–H groups in total. The zero-order valence-corrected chi connectivity index (χ0v) is 25.7. The Kier molecular flexibility index (Phi) is 8.31. The Balaban J connectivity index is 1.97. The van der Waals surface area contributed by atoms with Gasteiger partial charge < -0.3 is 19.1 Å². The minimum absolute atomic E-state index is 0.0345. The zero-order valence-electron chi connectivity index (χ0n) is 24.8. The van der Waals surface area contributed by atoms with Crippen LogP contribution in [-0.4, -0.2) is 62.9 Å². The maximum atomic E-state index is 14.7. The Bertz CT molecular complexity index is 1390. The van der Waals surface area contributed by atoms with Gasteiger partial charge in [0, 0.05) is 29.5 Å². The number of methoxy groups -OCH3 is 2. The lowest BCUT2D eigenvalue weighted by molar-refractivity contribution is -0.168. The van der Waals surface area contributed by atoms with Gasteiger partial charge >= 0.3 is 11.9 Å². The number of thiazole rings is 1. The Morgan fingerprint density at radius 3 is 2.37 bits per heavy atom. The molecule has 0 saturated carbocycles. The number of hydrogen-bond acceptors (Lipinski definition) is 9. The van der Waals surface area contributed by atoms with E-state index >= 15 is 0 Å². The number of carbonyl (C=O) groups is 3. The van der Waals surface area contributed by atoms with Gasteiger partial charge in [0.15, 0.2) is 5.54 Å². The molecule has 2 aromatic heterocycles. The van der Waals surface area contributed by atoms with Gasteiger partial charge in [0.05, 0.1) is 32.7 Å². The van der Waals surface area contributed by atoms with Crippen molar-refractivity contribution < 1.29 is 28.6 Å². The van der Waals surface area contributed by atoms with Crippen LogP contribution in [0.25, 0.3) is 0 Å². The molecule has 1 aromatic carbocycles. The van der Waals surface area contributed by atoms with Crippen molar-refractivity contribution >= 4 is 29.2 Å². The molecular weight excluding hydrogens is 544 g/mol. The lowest BCUT2D eigenvalue weighted by Crippen LogP contribution is -2.58. The van der Waals surface area contributed by atoms with E-state index in [1.165, 1.54) is 23.3 Å². The molecule has 3 heterocycles. The number of likely N-dealkylation sites (tertiary alicyclic amines) is 1. The highest BCUT2D eigenvalue weighted by Gasteiger charge is 2.63. The molecule has 1 saturated heterocycles. The molecule has 1 amide bonds. The van der Waals surface area contributed by atoms with Gasteiger partial charge in [-0.3, -0.25) is 14.3 Å². The lowest BCUT2D eigenvalue weighted by atomic mass is 9.85. The quantitative estimate of drug-likeness (QED) is 0.365. The predicted octanol–water partition coefficient (Wildman–Crippen LogP) is 4.80. The number of hydrogen-bond donors (Lipinski definition) is 0. The van der Waals surface area contributed by atoms with E-state index in [4.69, 9.17) is 14.2 Å². The third-order valence-electron chi connectivity index (χ3n) is 7.12. The second kappa shape index (κ2) is 11.3. The fourth-order valence-corrected chi connectivity index (χ4v) is 6.16. The molecule has 220 valence electrons. The summed E-state index contributed by atoms with van der Waals surface area (Å²) in [5.41, 5.74) is -1.48. The maximum Gasteiger partial charge on any atom is 0.334 e. The van der Waals surface area contributed by atoms with Crippen LogP contribution in [0, 0.1) is 5.92 Å². The van der Waals surface area contributed by atoms with Crippen LogP contribution >= 0.6 is 11.3 Å². The van der Waals surface area contributed by atoms with Crippen molar-refractivity contribution in [1.82, 2.24) is 19.7 Å². The van der Waals surface area contributed by atoms with Crippen molar-refractivity contribution in [2.45, 2.75) is 77.1 Å². The normalized spacial score (nSPS) is 21.0. The third kappa shape index (κ3) is 6.00. The summed E-state index contributed by atoms with van der Waals surface area (Å²) in [5.74, 6) is -1.98.